The van der Waals surface area contributed by atoms with Gasteiger partial charge < -0.3 is 14.8 Å². The molecule has 2 heterocycles. The van der Waals surface area contributed by atoms with E-state index in [1.54, 1.807) is 16.4 Å². The molecule has 1 aromatic carbocycles. The molecule has 0 spiro atoms. The Morgan fingerprint density at radius 2 is 1.85 bits per heavy atom. The van der Waals surface area contributed by atoms with Crippen LogP contribution >= 0.6 is 0 Å². The zero-order valence-corrected chi connectivity index (χ0v) is 21.4. The molecule has 9 heteroatoms. The van der Waals surface area contributed by atoms with Crippen LogP contribution in [-0.2, 0) is 14.8 Å². The van der Waals surface area contributed by atoms with Crippen molar-refractivity contribution in [2.45, 2.75) is 74.8 Å². The summed E-state index contributed by atoms with van der Waals surface area (Å²) < 4.78 is 39.5. The van der Waals surface area contributed by atoms with Crippen molar-refractivity contribution in [3.05, 3.63) is 23.8 Å². The van der Waals surface area contributed by atoms with Crippen LogP contribution in [-0.4, -0.2) is 81.6 Å². The molecule has 1 aromatic rings. The van der Waals surface area contributed by atoms with Crippen LogP contribution in [0.2, 0.25) is 0 Å². The van der Waals surface area contributed by atoms with Gasteiger partial charge in [-0.25, -0.2) is 8.42 Å². The third-order valence-corrected chi connectivity index (χ3v) is 9.83. The van der Waals surface area contributed by atoms with Gasteiger partial charge in [0.05, 0.1) is 20.3 Å². The number of benzene rings is 1. The third-order valence-electron chi connectivity index (χ3n) is 7.80. The van der Waals surface area contributed by atoms with E-state index in [9.17, 15) is 13.2 Å². The molecule has 1 N–H and O–H groups in total. The molecule has 1 atom stereocenters. The number of ether oxygens (including phenoxy) is 2. The van der Waals surface area contributed by atoms with E-state index < -0.39 is 10.0 Å². The maximum absolute atomic E-state index is 13.5. The number of nitrogens with zero attached hydrogens (tertiary/aromatic N) is 2. The highest BCUT2D eigenvalue weighted by atomic mass is 32.2. The largest absolute Gasteiger partial charge is 0.495 e. The third kappa shape index (κ3) is 5.27. The first-order chi connectivity index (χ1) is 16.4. The van der Waals surface area contributed by atoms with Crippen LogP contribution in [0.25, 0.3) is 0 Å². The Balaban J connectivity index is 1.54. The summed E-state index contributed by atoms with van der Waals surface area (Å²) in [6.07, 6.45) is 8.37. The summed E-state index contributed by atoms with van der Waals surface area (Å²) in [5.41, 5.74) is 0.291. The van der Waals surface area contributed by atoms with Gasteiger partial charge in [-0.3, -0.25) is 9.69 Å². The summed E-state index contributed by atoms with van der Waals surface area (Å²) in [5, 5.41) is 3.14. The Kier molecular flexibility index (Phi) is 8.17. The molecule has 34 heavy (non-hydrogen) atoms. The average molecular weight is 494 g/mol. The number of morpholine rings is 1. The number of piperidine rings is 1. The van der Waals surface area contributed by atoms with E-state index in [1.165, 1.54) is 19.6 Å². The quantitative estimate of drug-likeness (QED) is 0.628. The number of methoxy groups -OCH3 is 1. The van der Waals surface area contributed by atoms with E-state index in [-0.39, 0.29) is 28.1 Å². The van der Waals surface area contributed by atoms with E-state index >= 15 is 0 Å². The number of hydrogen-bond acceptors (Lipinski definition) is 6. The lowest BCUT2D eigenvalue weighted by Crippen LogP contribution is -2.59. The Morgan fingerprint density at radius 3 is 2.53 bits per heavy atom. The van der Waals surface area contributed by atoms with Crippen molar-refractivity contribution in [2.24, 2.45) is 0 Å². The fourth-order valence-electron chi connectivity index (χ4n) is 5.77. The minimum atomic E-state index is -3.77. The van der Waals surface area contributed by atoms with Gasteiger partial charge in [0.25, 0.3) is 5.91 Å². The van der Waals surface area contributed by atoms with Crippen molar-refractivity contribution in [1.29, 1.82) is 0 Å². The molecule has 3 aliphatic rings. The summed E-state index contributed by atoms with van der Waals surface area (Å²) >= 11 is 0. The molecule has 1 amide bonds. The summed E-state index contributed by atoms with van der Waals surface area (Å²) in [6.45, 7) is 6.21. The molecule has 2 aliphatic heterocycles. The fourth-order valence-corrected chi connectivity index (χ4v) is 7.66. The minimum absolute atomic E-state index is 0.0533. The fraction of sp³-hybridized carbons (Fsp3) is 0.720. The lowest BCUT2D eigenvalue weighted by atomic mass is 9.79. The molecule has 0 radical (unpaired) electrons. The van der Waals surface area contributed by atoms with Gasteiger partial charge in [-0.2, -0.15) is 4.31 Å². The smallest absolute Gasteiger partial charge is 0.251 e. The van der Waals surface area contributed by atoms with Crippen molar-refractivity contribution in [1.82, 2.24) is 14.5 Å². The standard InChI is InChI=1S/C25H39N3O5S/c1-20-8-4-7-13-28(20)34(30,31)23-18-21(9-10-22(23)32-2)24(29)26-19-25(11-5-3-6-12-25)27-14-16-33-17-15-27/h9-10,18,20H,3-8,11-17,19H2,1-2H3,(H,26,29)/t20-/m1/s1. The number of carbonyl (C=O) groups is 1. The van der Waals surface area contributed by atoms with Gasteiger partial charge in [0.15, 0.2) is 0 Å². The summed E-state index contributed by atoms with van der Waals surface area (Å²) in [6, 6.07) is 4.65. The van der Waals surface area contributed by atoms with E-state index in [2.05, 4.69) is 10.2 Å². The predicted molar refractivity (Wildman–Crippen MR) is 131 cm³/mol. The number of amides is 1. The molecule has 2 saturated heterocycles. The van der Waals surface area contributed by atoms with Gasteiger partial charge in [-0.05, 0) is 50.8 Å². The number of sulfonamides is 1. The highest BCUT2D eigenvalue weighted by molar-refractivity contribution is 7.89. The molecule has 3 fully saturated rings. The molecule has 8 nitrogen and oxygen atoms in total. The van der Waals surface area contributed by atoms with Crippen molar-refractivity contribution in [3.8, 4) is 5.75 Å². The van der Waals surface area contributed by atoms with Crippen molar-refractivity contribution in [2.75, 3.05) is 46.5 Å². The van der Waals surface area contributed by atoms with Crippen LogP contribution in [0.3, 0.4) is 0 Å². The first-order valence-corrected chi connectivity index (χ1v) is 14.1. The SMILES string of the molecule is COc1ccc(C(=O)NCC2(N3CCOCC3)CCCCC2)cc1S(=O)(=O)N1CCCC[C@H]1C. The van der Waals surface area contributed by atoms with Crippen molar-refractivity contribution < 1.29 is 22.7 Å². The van der Waals surface area contributed by atoms with Crippen LogP contribution in [0.1, 0.15) is 68.6 Å². The second kappa shape index (κ2) is 10.9. The second-order valence-corrected chi connectivity index (χ2v) is 11.8. The monoisotopic (exact) mass is 493 g/mol. The lowest BCUT2D eigenvalue weighted by Gasteiger charge is -2.48. The van der Waals surface area contributed by atoms with Crippen LogP contribution in [0.5, 0.6) is 5.75 Å². The predicted octanol–water partition coefficient (Wildman–Crippen LogP) is 3.02. The normalized spacial score (nSPS) is 24.5. The average Bonchev–Trinajstić information content (AvgIpc) is 2.88. The first-order valence-electron chi connectivity index (χ1n) is 12.7. The Labute approximate surface area is 204 Å². The maximum Gasteiger partial charge on any atom is 0.251 e. The Morgan fingerprint density at radius 1 is 1.12 bits per heavy atom. The van der Waals surface area contributed by atoms with E-state index in [0.29, 0.717) is 18.7 Å². The minimum Gasteiger partial charge on any atom is -0.495 e. The zero-order valence-electron chi connectivity index (χ0n) is 20.6. The van der Waals surface area contributed by atoms with Gasteiger partial charge in [0.2, 0.25) is 10.0 Å². The van der Waals surface area contributed by atoms with Crippen LogP contribution in [0.4, 0.5) is 0 Å². The van der Waals surface area contributed by atoms with Gasteiger partial charge >= 0.3 is 0 Å². The lowest BCUT2D eigenvalue weighted by molar-refractivity contribution is -0.0361. The molecular formula is C25H39N3O5S. The zero-order chi connectivity index (χ0) is 24.2. The van der Waals surface area contributed by atoms with Gasteiger partial charge in [0, 0.05) is 43.3 Å². The van der Waals surface area contributed by atoms with Crippen molar-refractivity contribution >= 4 is 15.9 Å². The van der Waals surface area contributed by atoms with Gasteiger partial charge in [0.1, 0.15) is 10.6 Å². The van der Waals surface area contributed by atoms with Gasteiger partial charge in [-0.15, -0.1) is 0 Å². The summed E-state index contributed by atoms with van der Waals surface area (Å²) in [7, 11) is -2.31. The molecule has 0 aromatic heterocycles. The Hall–Kier alpha value is -1.68. The van der Waals surface area contributed by atoms with Crippen LogP contribution in [0, 0.1) is 0 Å². The molecule has 4 rings (SSSR count). The molecule has 190 valence electrons. The summed E-state index contributed by atoms with van der Waals surface area (Å²) in [4.78, 5) is 15.8. The molecule has 0 unspecified atom stereocenters. The molecule has 0 bridgehead atoms. The van der Waals surface area contributed by atoms with Gasteiger partial charge in [-0.1, -0.05) is 25.7 Å². The molecule has 1 aliphatic carbocycles. The number of rotatable bonds is 7. The van der Waals surface area contributed by atoms with Crippen molar-refractivity contribution in [3.63, 3.8) is 0 Å². The Bertz CT molecular complexity index is 955. The number of carbonyl (C=O) groups excluding carboxylic acids is 1. The van der Waals surface area contributed by atoms with Crippen LogP contribution in [0.15, 0.2) is 23.1 Å². The molecule has 1 saturated carbocycles. The van der Waals surface area contributed by atoms with E-state index in [1.807, 2.05) is 6.92 Å². The van der Waals surface area contributed by atoms with Crippen LogP contribution < -0.4 is 10.1 Å². The van der Waals surface area contributed by atoms with E-state index in [0.717, 1.165) is 71.2 Å². The molecular weight excluding hydrogens is 454 g/mol. The number of nitrogens with one attached hydrogen (secondary N) is 1. The second-order valence-electron chi connectivity index (χ2n) is 9.89. The topological polar surface area (TPSA) is 88.2 Å². The number of hydrogen-bond donors (Lipinski definition) is 1. The maximum atomic E-state index is 13.5. The highest BCUT2D eigenvalue weighted by Crippen LogP contribution is 2.35. The highest BCUT2D eigenvalue weighted by Gasteiger charge is 2.39. The van der Waals surface area contributed by atoms with E-state index in [4.69, 9.17) is 9.47 Å². The first kappa shape index (κ1) is 25.4. The summed E-state index contributed by atoms with van der Waals surface area (Å²) in [5.74, 6) is 0.0235.